The number of rotatable bonds is 5. The molecule has 0 unspecified atom stereocenters. The summed E-state index contributed by atoms with van der Waals surface area (Å²) < 4.78 is 15.2. The average Bonchev–Trinajstić information content (AvgIpc) is 2.64. The number of hydrogen-bond acceptors (Lipinski definition) is 3. The number of carbonyl (C=O) groups is 1. The molecular weight excluding hydrogens is 361 g/mol. The fraction of sp³-hybridized carbons (Fsp3) is 0.190. The minimum absolute atomic E-state index is 0.202. The Morgan fingerprint density at radius 2 is 1.61 bits per heavy atom. The Balaban J connectivity index is 1.75. The van der Waals surface area contributed by atoms with Gasteiger partial charge in [0.05, 0.1) is 0 Å². The van der Waals surface area contributed by atoms with Gasteiger partial charge in [-0.05, 0) is 54.8 Å². The van der Waals surface area contributed by atoms with E-state index in [1.54, 1.807) is 12.1 Å². The van der Waals surface area contributed by atoms with Crippen molar-refractivity contribution < 1.29 is 9.18 Å². The van der Waals surface area contributed by atoms with Gasteiger partial charge in [-0.15, -0.1) is 0 Å². The predicted octanol–water partition coefficient (Wildman–Crippen LogP) is 2.07. The zero-order valence-corrected chi connectivity index (χ0v) is 15.6. The van der Waals surface area contributed by atoms with Crippen molar-refractivity contribution in [1.82, 2.24) is 14.5 Å². The molecule has 0 aliphatic heterocycles. The van der Waals surface area contributed by atoms with Crippen LogP contribution in [0.4, 0.5) is 4.39 Å². The van der Waals surface area contributed by atoms with Crippen LogP contribution in [0, 0.1) is 19.7 Å². The second-order valence-corrected chi connectivity index (χ2v) is 6.66. The summed E-state index contributed by atoms with van der Waals surface area (Å²) in [5.41, 5.74) is 1.79. The van der Waals surface area contributed by atoms with Crippen molar-refractivity contribution in [3.05, 3.63) is 98.1 Å². The lowest BCUT2D eigenvalue weighted by Gasteiger charge is -2.11. The molecule has 0 aliphatic carbocycles. The maximum absolute atomic E-state index is 12.9. The Hall–Kier alpha value is -3.48. The smallest absolute Gasteiger partial charge is 0.320 e. The van der Waals surface area contributed by atoms with E-state index in [0.717, 1.165) is 21.3 Å². The largest absolute Gasteiger partial charge is 0.350 e. The van der Waals surface area contributed by atoms with Gasteiger partial charge >= 0.3 is 11.1 Å². The first kappa shape index (κ1) is 19.3. The number of amides is 1. The highest BCUT2D eigenvalue weighted by Gasteiger charge is 2.10. The highest BCUT2D eigenvalue weighted by Crippen LogP contribution is 2.11. The van der Waals surface area contributed by atoms with Gasteiger partial charge in [-0.2, -0.15) is 0 Å². The first-order chi connectivity index (χ1) is 13.3. The van der Waals surface area contributed by atoms with E-state index in [4.69, 9.17) is 0 Å². The molecule has 2 aromatic carbocycles. The van der Waals surface area contributed by atoms with Crippen LogP contribution in [-0.2, 0) is 17.9 Å². The van der Waals surface area contributed by atoms with Crippen molar-refractivity contribution in [2.24, 2.45) is 0 Å². The summed E-state index contributed by atoms with van der Waals surface area (Å²) in [6, 6.07) is 11.3. The number of hydrogen-bond donors (Lipinski definition) is 1. The molecule has 0 radical (unpaired) electrons. The van der Waals surface area contributed by atoms with Gasteiger partial charge < -0.3 is 5.32 Å². The second kappa shape index (κ2) is 8.04. The monoisotopic (exact) mass is 381 g/mol. The minimum Gasteiger partial charge on any atom is -0.350 e. The molecular formula is C21H20FN3O3. The minimum atomic E-state index is -0.779. The number of aromatic nitrogens is 2. The molecule has 0 aliphatic rings. The lowest BCUT2D eigenvalue weighted by Crippen LogP contribution is -2.42. The van der Waals surface area contributed by atoms with Crippen molar-refractivity contribution in [1.29, 1.82) is 0 Å². The molecule has 1 aromatic heterocycles. The van der Waals surface area contributed by atoms with Crippen LogP contribution in [0.2, 0.25) is 0 Å². The molecule has 0 saturated heterocycles. The van der Waals surface area contributed by atoms with Crippen molar-refractivity contribution in [2.45, 2.75) is 26.9 Å². The molecule has 6 nitrogen and oxygen atoms in total. The Morgan fingerprint density at radius 3 is 2.25 bits per heavy atom. The standard InChI is InChI=1S/C21H20FN3O3/c1-14-9-15(2)11-18(10-14)25-8-7-24(20(27)21(25)28)13-19(26)23-12-16-3-5-17(22)6-4-16/h3-11H,12-13H2,1-2H3,(H,23,26). The van der Waals surface area contributed by atoms with Gasteiger partial charge in [0, 0.05) is 24.6 Å². The van der Waals surface area contributed by atoms with Crippen LogP contribution < -0.4 is 16.4 Å². The van der Waals surface area contributed by atoms with Crippen LogP contribution in [-0.4, -0.2) is 15.0 Å². The van der Waals surface area contributed by atoms with E-state index < -0.39 is 17.0 Å². The third-order valence-corrected chi connectivity index (χ3v) is 4.26. The summed E-state index contributed by atoms with van der Waals surface area (Å²) in [7, 11) is 0. The molecule has 0 spiro atoms. The van der Waals surface area contributed by atoms with E-state index in [1.165, 1.54) is 29.1 Å². The van der Waals surface area contributed by atoms with Crippen molar-refractivity contribution in [3.8, 4) is 5.69 Å². The van der Waals surface area contributed by atoms with Gasteiger partial charge in [0.25, 0.3) is 0 Å². The molecule has 0 saturated carbocycles. The fourth-order valence-electron chi connectivity index (χ4n) is 2.94. The van der Waals surface area contributed by atoms with E-state index in [1.807, 2.05) is 32.0 Å². The Morgan fingerprint density at radius 1 is 0.964 bits per heavy atom. The highest BCUT2D eigenvalue weighted by atomic mass is 19.1. The molecule has 144 valence electrons. The summed E-state index contributed by atoms with van der Waals surface area (Å²) in [6.07, 6.45) is 2.89. The van der Waals surface area contributed by atoms with Gasteiger partial charge in [-0.1, -0.05) is 18.2 Å². The van der Waals surface area contributed by atoms with Gasteiger partial charge in [-0.25, -0.2) is 4.39 Å². The normalized spacial score (nSPS) is 10.7. The predicted molar refractivity (Wildman–Crippen MR) is 104 cm³/mol. The summed E-state index contributed by atoms with van der Waals surface area (Å²) in [6.45, 7) is 3.75. The summed E-state index contributed by atoms with van der Waals surface area (Å²) >= 11 is 0. The maximum Gasteiger partial charge on any atom is 0.320 e. The third-order valence-electron chi connectivity index (χ3n) is 4.26. The first-order valence-electron chi connectivity index (χ1n) is 8.75. The zero-order chi connectivity index (χ0) is 20.3. The first-order valence-corrected chi connectivity index (χ1v) is 8.75. The second-order valence-electron chi connectivity index (χ2n) is 6.66. The molecule has 7 heteroatoms. The number of aryl methyl sites for hydroxylation is 2. The number of benzene rings is 2. The lowest BCUT2D eigenvalue weighted by molar-refractivity contribution is -0.121. The Bertz CT molecular complexity index is 1110. The number of nitrogens with zero attached hydrogens (tertiary/aromatic N) is 2. The SMILES string of the molecule is Cc1cc(C)cc(-n2ccn(CC(=O)NCc3ccc(F)cc3)c(=O)c2=O)c1. The number of halogens is 1. The third kappa shape index (κ3) is 4.43. The van der Waals surface area contributed by atoms with E-state index in [2.05, 4.69) is 5.32 Å². The molecule has 0 bridgehead atoms. The maximum atomic E-state index is 12.9. The molecule has 3 aromatic rings. The number of nitrogens with one attached hydrogen (secondary N) is 1. The molecule has 28 heavy (non-hydrogen) atoms. The zero-order valence-electron chi connectivity index (χ0n) is 15.6. The van der Waals surface area contributed by atoms with Gasteiger partial charge in [0.15, 0.2) is 0 Å². The van der Waals surface area contributed by atoms with Gasteiger partial charge in [0.2, 0.25) is 5.91 Å². The lowest BCUT2D eigenvalue weighted by atomic mass is 10.1. The molecule has 1 heterocycles. The van der Waals surface area contributed by atoms with E-state index >= 15 is 0 Å². The molecule has 0 atom stereocenters. The number of carbonyl (C=O) groups excluding carboxylic acids is 1. The highest BCUT2D eigenvalue weighted by molar-refractivity contribution is 5.75. The molecule has 3 rings (SSSR count). The summed E-state index contributed by atoms with van der Waals surface area (Å²) in [4.78, 5) is 37.0. The van der Waals surface area contributed by atoms with Crippen LogP contribution in [0.3, 0.4) is 0 Å². The summed E-state index contributed by atoms with van der Waals surface area (Å²) in [5, 5.41) is 2.64. The molecule has 1 amide bonds. The summed E-state index contributed by atoms with van der Waals surface area (Å²) in [5.74, 6) is -0.777. The molecule has 1 N–H and O–H groups in total. The van der Waals surface area contributed by atoms with Crippen LogP contribution >= 0.6 is 0 Å². The topological polar surface area (TPSA) is 73.1 Å². The van der Waals surface area contributed by atoms with E-state index in [9.17, 15) is 18.8 Å². The van der Waals surface area contributed by atoms with E-state index in [0.29, 0.717) is 5.69 Å². The van der Waals surface area contributed by atoms with Crippen LogP contribution in [0.5, 0.6) is 0 Å². The van der Waals surface area contributed by atoms with Crippen LogP contribution in [0.25, 0.3) is 5.69 Å². The van der Waals surface area contributed by atoms with E-state index in [-0.39, 0.29) is 18.9 Å². The van der Waals surface area contributed by atoms with Crippen LogP contribution in [0.15, 0.2) is 64.4 Å². The Kier molecular flexibility index (Phi) is 5.54. The van der Waals surface area contributed by atoms with Crippen molar-refractivity contribution in [3.63, 3.8) is 0 Å². The average molecular weight is 381 g/mol. The van der Waals surface area contributed by atoms with Gasteiger partial charge in [0.1, 0.15) is 12.4 Å². The Labute approximate surface area is 160 Å². The fourth-order valence-corrected chi connectivity index (χ4v) is 2.94. The van der Waals surface area contributed by atoms with Crippen LogP contribution in [0.1, 0.15) is 16.7 Å². The van der Waals surface area contributed by atoms with Crippen molar-refractivity contribution in [2.75, 3.05) is 0 Å². The van der Waals surface area contributed by atoms with Gasteiger partial charge in [-0.3, -0.25) is 23.5 Å². The quantitative estimate of drug-likeness (QED) is 0.688. The van der Waals surface area contributed by atoms with Crippen molar-refractivity contribution >= 4 is 5.91 Å². The molecule has 0 fully saturated rings.